The summed E-state index contributed by atoms with van der Waals surface area (Å²) in [6, 6.07) is 18.1. The molecule has 2 aromatic carbocycles. The fourth-order valence-corrected chi connectivity index (χ4v) is 3.18. The second-order valence-corrected chi connectivity index (χ2v) is 6.27. The molecule has 1 N–H and O–H groups in total. The van der Waals surface area contributed by atoms with Crippen molar-refractivity contribution in [3.8, 4) is 0 Å². The quantitative estimate of drug-likeness (QED) is 0.757. The summed E-state index contributed by atoms with van der Waals surface area (Å²) in [5.41, 5.74) is 6.92. The summed E-state index contributed by atoms with van der Waals surface area (Å²) in [4.78, 5) is 4.62. The standard InChI is InChI=1S/C18H15N3OS/c1-12-6-2-4-8-14(12)19-18-21-20-15(11-23-18)17-10-13-7-3-5-9-16(13)22-17/h2-10H,11H2,1H3,(H,19,21). The van der Waals surface area contributed by atoms with Gasteiger partial charge in [-0.1, -0.05) is 48.2 Å². The van der Waals surface area contributed by atoms with E-state index in [0.717, 1.165) is 44.6 Å². The number of hydrogen-bond acceptors (Lipinski definition) is 4. The Morgan fingerprint density at radius 3 is 2.74 bits per heavy atom. The molecule has 1 aliphatic rings. The number of fused-ring (bicyclic) bond motifs is 1. The molecule has 114 valence electrons. The van der Waals surface area contributed by atoms with E-state index >= 15 is 0 Å². The van der Waals surface area contributed by atoms with Gasteiger partial charge < -0.3 is 4.42 Å². The fraction of sp³-hybridized carbons (Fsp3) is 0.111. The lowest BCUT2D eigenvalue weighted by Gasteiger charge is -2.13. The highest BCUT2D eigenvalue weighted by Crippen LogP contribution is 2.24. The van der Waals surface area contributed by atoms with Gasteiger partial charge in [0.2, 0.25) is 0 Å². The Morgan fingerprint density at radius 1 is 1.13 bits per heavy atom. The first-order valence-electron chi connectivity index (χ1n) is 7.38. The lowest BCUT2D eigenvalue weighted by Crippen LogP contribution is -2.24. The molecule has 3 aromatic rings. The van der Waals surface area contributed by atoms with Crippen LogP contribution in [0.25, 0.3) is 11.0 Å². The molecule has 0 radical (unpaired) electrons. The third kappa shape index (κ3) is 2.87. The van der Waals surface area contributed by atoms with Gasteiger partial charge in [0.05, 0.1) is 5.69 Å². The molecule has 0 atom stereocenters. The molecule has 0 unspecified atom stereocenters. The van der Waals surface area contributed by atoms with Crippen LogP contribution in [-0.2, 0) is 0 Å². The zero-order chi connectivity index (χ0) is 15.6. The molecule has 0 aliphatic carbocycles. The number of nitrogens with one attached hydrogen (secondary N) is 1. The fourth-order valence-electron chi connectivity index (χ4n) is 2.42. The van der Waals surface area contributed by atoms with E-state index in [4.69, 9.17) is 4.42 Å². The van der Waals surface area contributed by atoms with Gasteiger partial charge >= 0.3 is 0 Å². The Balaban J connectivity index is 1.58. The van der Waals surface area contributed by atoms with Crippen LogP contribution in [0.5, 0.6) is 0 Å². The number of furan rings is 1. The third-order valence-corrected chi connectivity index (χ3v) is 4.55. The maximum absolute atomic E-state index is 5.86. The zero-order valence-corrected chi connectivity index (χ0v) is 13.4. The van der Waals surface area contributed by atoms with Crippen LogP contribution in [0, 0.1) is 6.92 Å². The topological polar surface area (TPSA) is 49.9 Å². The average Bonchev–Trinajstić information content (AvgIpc) is 3.02. The molecule has 0 bridgehead atoms. The number of aryl methyl sites for hydroxylation is 1. The largest absolute Gasteiger partial charge is 0.455 e. The van der Waals surface area contributed by atoms with E-state index in [0.29, 0.717) is 0 Å². The van der Waals surface area contributed by atoms with Crippen LogP contribution in [0.4, 0.5) is 5.69 Å². The van der Waals surface area contributed by atoms with E-state index in [1.807, 2.05) is 48.5 Å². The molecule has 5 heteroatoms. The normalized spacial score (nSPS) is 16.4. The molecule has 4 nitrogen and oxygen atoms in total. The second kappa shape index (κ2) is 5.93. The Hall–Kier alpha value is -2.53. The number of nitrogens with zero attached hydrogens (tertiary/aromatic N) is 2. The summed E-state index contributed by atoms with van der Waals surface area (Å²) in [5, 5.41) is 6.32. The Labute approximate surface area is 138 Å². The van der Waals surface area contributed by atoms with Crippen molar-refractivity contribution in [1.29, 1.82) is 0 Å². The molecule has 1 aromatic heterocycles. The number of hydrazone groups is 1. The van der Waals surface area contributed by atoms with E-state index in [1.54, 1.807) is 11.8 Å². The number of para-hydroxylation sites is 2. The number of benzene rings is 2. The minimum absolute atomic E-state index is 0.734. The molecular formula is C18H15N3OS. The van der Waals surface area contributed by atoms with Gasteiger partial charge in [0.25, 0.3) is 0 Å². The van der Waals surface area contributed by atoms with Crippen molar-refractivity contribution >= 4 is 39.3 Å². The van der Waals surface area contributed by atoms with Gasteiger partial charge in [0, 0.05) is 11.1 Å². The van der Waals surface area contributed by atoms with E-state index in [9.17, 15) is 0 Å². The van der Waals surface area contributed by atoms with Crippen molar-refractivity contribution in [2.45, 2.75) is 6.92 Å². The van der Waals surface area contributed by atoms with Gasteiger partial charge in [-0.15, -0.1) is 0 Å². The van der Waals surface area contributed by atoms with Crippen LogP contribution in [0.15, 0.2) is 69.1 Å². The third-order valence-electron chi connectivity index (χ3n) is 3.68. The van der Waals surface area contributed by atoms with Gasteiger partial charge in [-0.25, -0.2) is 4.99 Å². The van der Waals surface area contributed by atoms with Crippen molar-refractivity contribution in [3.05, 3.63) is 65.9 Å². The van der Waals surface area contributed by atoms with Crippen LogP contribution in [0.2, 0.25) is 0 Å². The van der Waals surface area contributed by atoms with Crippen LogP contribution < -0.4 is 5.43 Å². The van der Waals surface area contributed by atoms with Crippen molar-refractivity contribution in [2.75, 3.05) is 5.75 Å². The predicted molar refractivity (Wildman–Crippen MR) is 96.6 cm³/mol. The molecule has 0 amide bonds. The van der Waals surface area contributed by atoms with E-state index in [-0.39, 0.29) is 0 Å². The molecule has 0 fully saturated rings. The van der Waals surface area contributed by atoms with Gasteiger partial charge in [0.15, 0.2) is 10.9 Å². The summed E-state index contributed by atoms with van der Waals surface area (Å²) in [5.74, 6) is 1.54. The molecule has 2 heterocycles. The maximum Gasteiger partial charge on any atom is 0.182 e. The van der Waals surface area contributed by atoms with E-state index in [2.05, 4.69) is 28.5 Å². The van der Waals surface area contributed by atoms with E-state index in [1.165, 1.54) is 0 Å². The first-order valence-corrected chi connectivity index (χ1v) is 8.37. The summed E-state index contributed by atoms with van der Waals surface area (Å²) in [7, 11) is 0. The number of aliphatic imine (C=N–C) groups is 1. The van der Waals surface area contributed by atoms with Gasteiger partial charge in [-0.2, -0.15) is 5.10 Å². The Morgan fingerprint density at radius 2 is 1.96 bits per heavy atom. The number of rotatable bonds is 2. The van der Waals surface area contributed by atoms with Gasteiger partial charge in [-0.3, -0.25) is 5.43 Å². The number of amidine groups is 1. The van der Waals surface area contributed by atoms with Gasteiger partial charge in [-0.05, 0) is 30.7 Å². The van der Waals surface area contributed by atoms with Crippen LogP contribution in [0.3, 0.4) is 0 Å². The first kappa shape index (κ1) is 14.1. The number of thioether (sulfide) groups is 1. The van der Waals surface area contributed by atoms with Crippen LogP contribution in [-0.4, -0.2) is 16.6 Å². The van der Waals surface area contributed by atoms with Crippen molar-refractivity contribution in [2.24, 2.45) is 10.1 Å². The summed E-state index contributed by atoms with van der Waals surface area (Å²) in [6.45, 7) is 2.05. The Bertz CT molecular complexity index is 894. The smallest absolute Gasteiger partial charge is 0.182 e. The predicted octanol–water partition coefficient (Wildman–Crippen LogP) is 4.47. The van der Waals surface area contributed by atoms with E-state index < -0.39 is 0 Å². The van der Waals surface area contributed by atoms with Gasteiger partial charge in [0.1, 0.15) is 11.3 Å². The molecule has 23 heavy (non-hydrogen) atoms. The molecule has 0 spiro atoms. The van der Waals surface area contributed by atoms with Crippen LogP contribution in [0.1, 0.15) is 11.3 Å². The van der Waals surface area contributed by atoms with Crippen molar-refractivity contribution in [3.63, 3.8) is 0 Å². The highest BCUT2D eigenvalue weighted by molar-refractivity contribution is 8.14. The zero-order valence-electron chi connectivity index (χ0n) is 12.6. The highest BCUT2D eigenvalue weighted by Gasteiger charge is 2.16. The molecular weight excluding hydrogens is 306 g/mol. The summed E-state index contributed by atoms with van der Waals surface area (Å²) in [6.07, 6.45) is 0. The maximum atomic E-state index is 5.86. The molecule has 1 aliphatic heterocycles. The van der Waals surface area contributed by atoms with Crippen LogP contribution >= 0.6 is 11.8 Å². The SMILES string of the molecule is Cc1ccccc1N=C1NN=C(c2cc3ccccc3o2)CS1. The average molecular weight is 321 g/mol. The Kier molecular flexibility index (Phi) is 3.63. The van der Waals surface area contributed by atoms with Crippen molar-refractivity contribution in [1.82, 2.24) is 5.43 Å². The summed E-state index contributed by atoms with van der Waals surface area (Å²) < 4.78 is 5.86. The minimum atomic E-state index is 0.734. The molecule has 0 saturated heterocycles. The lowest BCUT2D eigenvalue weighted by molar-refractivity contribution is 0.603. The first-order chi connectivity index (χ1) is 11.3. The number of hydrogen-bond donors (Lipinski definition) is 1. The van der Waals surface area contributed by atoms with Crippen molar-refractivity contribution < 1.29 is 4.42 Å². The molecule has 4 rings (SSSR count). The second-order valence-electron chi connectivity index (χ2n) is 5.31. The molecule has 0 saturated carbocycles. The lowest BCUT2D eigenvalue weighted by atomic mass is 10.2. The monoisotopic (exact) mass is 321 g/mol. The summed E-state index contributed by atoms with van der Waals surface area (Å²) >= 11 is 1.63. The highest BCUT2D eigenvalue weighted by atomic mass is 32.2. The minimum Gasteiger partial charge on any atom is -0.455 e.